The molecule has 2 rings (SSSR count). The number of aliphatic carboxylic acids is 1. The molecule has 4 nitrogen and oxygen atoms in total. The number of hydrogen-bond donors (Lipinski definition) is 1. The molecule has 0 saturated carbocycles. The van der Waals surface area contributed by atoms with Crippen LogP contribution in [0.25, 0.3) is 11.3 Å². The fourth-order valence-electron chi connectivity index (χ4n) is 1.34. The van der Waals surface area contributed by atoms with Crippen molar-refractivity contribution in [3.8, 4) is 11.3 Å². The molecule has 0 aliphatic heterocycles. The van der Waals surface area contributed by atoms with E-state index in [0.717, 1.165) is 5.56 Å². The number of benzene rings is 1. The molecular weight excluding hydrogens is 230 g/mol. The lowest BCUT2D eigenvalue weighted by Crippen LogP contribution is -1.97. The predicted molar refractivity (Wildman–Crippen MR) is 58.3 cm³/mol. The van der Waals surface area contributed by atoms with Crippen molar-refractivity contribution in [3.63, 3.8) is 0 Å². The Hall–Kier alpha value is -1.81. The lowest BCUT2D eigenvalue weighted by atomic mass is 10.1. The summed E-state index contributed by atoms with van der Waals surface area (Å²) in [7, 11) is 0. The van der Waals surface area contributed by atoms with Crippen molar-refractivity contribution < 1.29 is 14.4 Å². The average Bonchev–Trinajstić information content (AvgIpc) is 2.66. The van der Waals surface area contributed by atoms with Crippen LogP contribution in [0.5, 0.6) is 0 Å². The number of carboxylic acids is 1. The van der Waals surface area contributed by atoms with Crippen molar-refractivity contribution >= 4 is 17.6 Å². The van der Waals surface area contributed by atoms with Crippen molar-refractivity contribution in [2.24, 2.45) is 0 Å². The van der Waals surface area contributed by atoms with Crippen molar-refractivity contribution in [3.05, 3.63) is 41.1 Å². The molecule has 82 valence electrons. The Labute approximate surface area is 96.4 Å². The van der Waals surface area contributed by atoms with Gasteiger partial charge in [-0.15, -0.1) is 0 Å². The number of carboxylic acid groups (broad SMARTS) is 1. The van der Waals surface area contributed by atoms with Gasteiger partial charge in [0, 0.05) is 11.6 Å². The molecule has 0 atom stereocenters. The van der Waals surface area contributed by atoms with Gasteiger partial charge in [-0.1, -0.05) is 35.0 Å². The van der Waals surface area contributed by atoms with E-state index in [1.54, 1.807) is 18.2 Å². The molecule has 0 bridgehead atoms. The predicted octanol–water partition coefficient (Wildman–Crippen LogP) is 2.62. The van der Waals surface area contributed by atoms with Gasteiger partial charge in [0.2, 0.25) is 0 Å². The molecular formula is C11H8ClNO3. The Morgan fingerprint density at radius 3 is 2.88 bits per heavy atom. The number of nitrogens with zero attached hydrogens (tertiary/aromatic N) is 1. The number of rotatable bonds is 3. The molecule has 1 aromatic carbocycles. The molecule has 1 heterocycles. The van der Waals surface area contributed by atoms with Gasteiger partial charge in [0.1, 0.15) is 17.9 Å². The lowest BCUT2D eigenvalue weighted by molar-refractivity contribution is -0.136. The van der Waals surface area contributed by atoms with Crippen LogP contribution in [-0.4, -0.2) is 16.2 Å². The van der Waals surface area contributed by atoms with E-state index in [9.17, 15) is 4.79 Å². The Balaban J connectivity index is 2.32. The van der Waals surface area contributed by atoms with E-state index >= 15 is 0 Å². The van der Waals surface area contributed by atoms with Gasteiger partial charge in [0.25, 0.3) is 0 Å². The van der Waals surface area contributed by atoms with Gasteiger partial charge in [-0.05, 0) is 6.07 Å². The first-order valence-electron chi connectivity index (χ1n) is 4.59. The van der Waals surface area contributed by atoms with Crippen LogP contribution in [0.15, 0.2) is 34.9 Å². The van der Waals surface area contributed by atoms with Gasteiger partial charge in [-0.2, -0.15) is 0 Å². The smallest absolute Gasteiger partial charge is 0.311 e. The third-order valence-corrected chi connectivity index (χ3v) is 2.36. The summed E-state index contributed by atoms with van der Waals surface area (Å²) in [6.45, 7) is 0. The molecule has 0 unspecified atom stereocenters. The van der Waals surface area contributed by atoms with Gasteiger partial charge in [-0.25, -0.2) is 0 Å². The van der Waals surface area contributed by atoms with Crippen LogP contribution >= 0.6 is 11.6 Å². The summed E-state index contributed by atoms with van der Waals surface area (Å²) < 4.78 is 4.90. The molecule has 0 spiro atoms. The second kappa shape index (κ2) is 4.37. The lowest BCUT2D eigenvalue weighted by Gasteiger charge is -1.96. The van der Waals surface area contributed by atoms with Crippen molar-refractivity contribution in [1.82, 2.24) is 5.16 Å². The minimum Gasteiger partial charge on any atom is -0.481 e. The zero-order chi connectivity index (χ0) is 11.5. The summed E-state index contributed by atoms with van der Waals surface area (Å²) in [5.41, 5.74) is 1.27. The largest absolute Gasteiger partial charge is 0.481 e. The van der Waals surface area contributed by atoms with Gasteiger partial charge in [0.05, 0.1) is 5.02 Å². The second-order valence-corrected chi connectivity index (χ2v) is 3.64. The summed E-state index contributed by atoms with van der Waals surface area (Å²) >= 11 is 5.98. The maximum atomic E-state index is 10.5. The fourth-order valence-corrected chi connectivity index (χ4v) is 1.57. The molecule has 0 aliphatic carbocycles. The highest BCUT2D eigenvalue weighted by Gasteiger charge is 2.11. The molecule has 0 amide bonds. The molecule has 1 N–H and O–H groups in total. The number of carbonyl (C=O) groups is 1. The molecule has 5 heteroatoms. The van der Waals surface area contributed by atoms with E-state index < -0.39 is 5.97 Å². The maximum absolute atomic E-state index is 10.5. The number of hydrogen-bond acceptors (Lipinski definition) is 3. The Morgan fingerprint density at radius 2 is 2.19 bits per heavy atom. The monoisotopic (exact) mass is 237 g/mol. The molecule has 0 saturated heterocycles. The van der Waals surface area contributed by atoms with E-state index in [0.29, 0.717) is 16.5 Å². The molecule has 2 aromatic rings. The van der Waals surface area contributed by atoms with Gasteiger partial charge >= 0.3 is 5.97 Å². The zero-order valence-corrected chi connectivity index (χ0v) is 8.94. The van der Waals surface area contributed by atoms with E-state index in [-0.39, 0.29) is 6.42 Å². The van der Waals surface area contributed by atoms with Crippen LogP contribution in [0, 0.1) is 0 Å². The van der Waals surface area contributed by atoms with E-state index in [4.69, 9.17) is 21.2 Å². The van der Waals surface area contributed by atoms with Crippen LogP contribution in [0.3, 0.4) is 0 Å². The molecule has 0 fully saturated rings. The summed E-state index contributed by atoms with van der Waals surface area (Å²) in [6, 6.07) is 8.75. The molecule has 1 aromatic heterocycles. The quantitative estimate of drug-likeness (QED) is 0.891. The fraction of sp³-hybridized carbons (Fsp3) is 0.0909. The summed E-state index contributed by atoms with van der Waals surface area (Å²) in [4.78, 5) is 10.5. The topological polar surface area (TPSA) is 63.3 Å². The van der Waals surface area contributed by atoms with Crippen LogP contribution < -0.4 is 0 Å². The normalized spacial score (nSPS) is 10.3. The van der Waals surface area contributed by atoms with Crippen LogP contribution in [-0.2, 0) is 11.2 Å². The van der Waals surface area contributed by atoms with Crippen molar-refractivity contribution in [1.29, 1.82) is 0 Å². The highest BCUT2D eigenvalue weighted by molar-refractivity contribution is 6.33. The van der Waals surface area contributed by atoms with Gasteiger partial charge < -0.3 is 9.63 Å². The first-order valence-corrected chi connectivity index (χ1v) is 4.97. The highest BCUT2D eigenvalue weighted by atomic mass is 35.5. The van der Waals surface area contributed by atoms with Crippen molar-refractivity contribution in [2.45, 2.75) is 6.42 Å². The third kappa shape index (κ3) is 2.23. The molecule has 0 radical (unpaired) electrons. The highest BCUT2D eigenvalue weighted by Crippen LogP contribution is 2.26. The third-order valence-electron chi connectivity index (χ3n) is 2.03. The standard InChI is InChI=1S/C11H8ClNO3/c12-9-4-2-1-3-8(9)10-5-7(16-13-10)6-11(14)15/h1-5H,6H2,(H,14,15). The SMILES string of the molecule is O=C(O)Cc1cc(-c2ccccc2Cl)no1. The minimum absolute atomic E-state index is 0.183. The minimum atomic E-state index is -0.957. The summed E-state index contributed by atoms with van der Waals surface area (Å²) in [6.07, 6.45) is -0.183. The van der Waals surface area contributed by atoms with E-state index in [2.05, 4.69) is 5.16 Å². The second-order valence-electron chi connectivity index (χ2n) is 3.23. The molecule has 0 aliphatic rings. The summed E-state index contributed by atoms with van der Waals surface area (Å²) in [5, 5.41) is 12.9. The Morgan fingerprint density at radius 1 is 1.44 bits per heavy atom. The zero-order valence-electron chi connectivity index (χ0n) is 8.18. The summed E-state index contributed by atoms with van der Waals surface area (Å²) in [5.74, 6) is -0.649. The maximum Gasteiger partial charge on any atom is 0.311 e. The van der Waals surface area contributed by atoms with Gasteiger partial charge in [-0.3, -0.25) is 4.79 Å². The Bertz CT molecular complexity index is 521. The van der Waals surface area contributed by atoms with Crippen LogP contribution in [0.1, 0.15) is 5.76 Å². The van der Waals surface area contributed by atoms with Gasteiger partial charge in [0.15, 0.2) is 0 Å². The van der Waals surface area contributed by atoms with Crippen LogP contribution in [0.2, 0.25) is 5.02 Å². The Kier molecular flexibility index (Phi) is 2.92. The van der Waals surface area contributed by atoms with Crippen molar-refractivity contribution in [2.75, 3.05) is 0 Å². The first kappa shape index (κ1) is 10.7. The van der Waals surface area contributed by atoms with E-state index in [1.807, 2.05) is 12.1 Å². The number of halogens is 1. The molecule has 16 heavy (non-hydrogen) atoms. The number of aromatic nitrogens is 1. The van der Waals surface area contributed by atoms with Crippen LogP contribution in [0.4, 0.5) is 0 Å². The average molecular weight is 238 g/mol. The first-order chi connectivity index (χ1) is 7.66. The van der Waals surface area contributed by atoms with E-state index in [1.165, 1.54) is 0 Å².